The first-order valence-electron chi connectivity index (χ1n) is 4.72. The fourth-order valence-electron chi connectivity index (χ4n) is 1.21. The van der Waals surface area contributed by atoms with Gasteiger partial charge in [-0.1, -0.05) is 11.6 Å². The van der Waals surface area contributed by atoms with Gasteiger partial charge in [0, 0.05) is 12.4 Å². The SMILES string of the molecule is O=C(Nc1ncccc1Cl)c1cncc(O)c1. The molecule has 0 atom stereocenters. The van der Waals surface area contributed by atoms with E-state index in [1.807, 2.05) is 0 Å². The highest BCUT2D eigenvalue weighted by atomic mass is 35.5. The smallest absolute Gasteiger partial charge is 0.258 e. The first kappa shape index (κ1) is 11.3. The topological polar surface area (TPSA) is 75.1 Å². The number of amides is 1. The van der Waals surface area contributed by atoms with Crippen molar-refractivity contribution in [3.8, 4) is 5.75 Å². The lowest BCUT2D eigenvalue weighted by molar-refractivity contribution is 0.102. The molecule has 17 heavy (non-hydrogen) atoms. The molecule has 1 amide bonds. The molecule has 2 N–H and O–H groups in total. The van der Waals surface area contributed by atoms with Crippen molar-refractivity contribution in [2.45, 2.75) is 0 Å². The lowest BCUT2D eigenvalue weighted by Gasteiger charge is -2.05. The summed E-state index contributed by atoms with van der Waals surface area (Å²) in [5.74, 6) is -0.249. The molecule has 2 aromatic rings. The molecule has 0 aromatic carbocycles. The fraction of sp³-hybridized carbons (Fsp3) is 0. The molecule has 86 valence electrons. The molecular weight excluding hydrogens is 242 g/mol. The van der Waals surface area contributed by atoms with Gasteiger partial charge in [0.1, 0.15) is 5.75 Å². The number of pyridine rings is 2. The second-order valence-corrected chi connectivity index (χ2v) is 3.63. The number of aromatic nitrogens is 2. The number of aromatic hydroxyl groups is 1. The van der Waals surface area contributed by atoms with Gasteiger partial charge in [0.2, 0.25) is 0 Å². The minimum atomic E-state index is -0.436. The van der Waals surface area contributed by atoms with Crippen molar-refractivity contribution in [1.82, 2.24) is 9.97 Å². The van der Waals surface area contributed by atoms with E-state index < -0.39 is 5.91 Å². The third-order valence-electron chi connectivity index (χ3n) is 1.98. The zero-order valence-electron chi connectivity index (χ0n) is 8.59. The Hall–Kier alpha value is -2.14. The van der Waals surface area contributed by atoms with Gasteiger partial charge in [-0.3, -0.25) is 9.78 Å². The van der Waals surface area contributed by atoms with Gasteiger partial charge in [-0.15, -0.1) is 0 Å². The predicted octanol–water partition coefficient (Wildman–Crippen LogP) is 2.09. The molecule has 0 unspecified atom stereocenters. The van der Waals surface area contributed by atoms with Gasteiger partial charge in [-0.2, -0.15) is 0 Å². The van der Waals surface area contributed by atoms with Gasteiger partial charge in [0.05, 0.1) is 16.8 Å². The van der Waals surface area contributed by atoms with Crippen molar-refractivity contribution < 1.29 is 9.90 Å². The lowest BCUT2D eigenvalue weighted by Crippen LogP contribution is -2.13. The molecule has 2 heterocycles. The molecule has 2 aromatic heterocycles. The Morgan fingerprint density at radius 1 is 1.41 bits per heavy atom. The Labute approximate surface area is 102 Å². The summed E-state index contributed by atoms with van der Waals surface area (Å²) in [5, 5.41) is 12.1. The minimum Gasteiger partial charge on any atom is -0.506 e. The molecule has 0 aliphatic carbocycles. The molecule has 0 spiro atoms. The number of halogens is 1. The highest BCUT2D eigenvalue weighted by molar-refractivity contribution is 6.33. The number of rotatable bonds is 2. The lowest BCUT2D eigenvalue weighted by atomic mass is 10.2. The van der Waals surface area contributed by atoms with Crippen LogP contribution in [0, 0.1) is 0 Å². The summed E-state index contributed by atoms with van der Waals surface area (Å²) in [5.41, 5.74) is 0.228. The van der Waals surface area contributed by atoms with Crippen LogP contribution in [0.1, 0.15) is 10.4 Å². The first-order valence-corrected chi connectivity index (χ1v) is 5.10. The largest absolute Gasteiger partial charge is 0.506 e. The van der Waals surface area contributed by atoms with E-state index in [2.05, 4.69) is 15.3 Å². The Kier molecular flexibility index (Phi) is 3.20. The van der Waals surface area contributed by atoms with Gasteiger partial charge < -0.3 is 10.4 Å². The van der Waals surface area contributed by atoms with Crippen molar-refractivity contribution >= 4 is 23.3 Å². The van der Waals surface area contributed by atoms with E-state index in [0.29, 0.717) is 5.02 Å². The minimum absolute atomic E-state index is 0.0789. The van der Waals surface area contributed by atoms with Gasteiger partial charge >= 0.3 is 0 Å². The summed E-state index contributed by atoms with van der Waals surface area (Å²) in [4.78, 5) is 19.4. The third-order valence-corrected chi connectivity index (χ3v) is 2.28. The van der Waals surface area contributed by atoms with E-state index in [9.17, 15) is 9.90 Å². The Morgan fingerprint density at radius 2 is 2.24 bits per heavy atom. The molecule has 0 saturated heterocycles. The van der Waals surface area contributed by atoms with E-state index in [-0.39, 0.29) is 17.1 Å². The van der Waals surface area contributed by atoms with Crippen molar-refractivity contribution in [2.75, 3.05) is 5.32 Å². The van der Waals surface area contributed by atoms with E-state index in [0.717, 1.165) is 0 Å². The zero-order valence-corrected chi connectivity index (χ0v) is 9.35. The number of nitrogens with zero attached hydrogens (tertiary/aromatic N) is 2. The van der Waals surface area contributed by atoms with Gasteiger partial charge in [-0.05, 0) is 18.2 Å². The van der Waals surface area contributed by atoms with Crippen molar-refractivity contribution in [2.24, 2.45) is 0 Å². The average molecular weight is 250 g/mol. The highest BCUT2D eigenvalue weighted by Crippen LogP contribution is 2.18. The molecule has 6 heteroatoms. The van der Waals surface area contributed by atoms with Gasteiger partial charge in [0.25, 0.3) is 5.91 Å². The maximum Gasteiger partial charge on any atom is 0.258 e. The maximum absolute atomic E-state index is 11.8. The maximum atomic E-state index is 11.8. The normalized spacial score (nSPS) is 9.94. The van der Waals surface area contributed by atoms with Crippen LogP contribution in [0.5, 0.6) is 5.75 Å². The van der Waals surface area contributed by atoms with Crippen LogP contribution in [-0.4, -0.2) is 21.0 Å². The van der Waals surface area contributed by atoms with Crippen LogP contribution >= 0.6 is 11.6 Å². The van der Waals surface area contributed by atoms with Crippen LogP contribution in [0.4, 0.5) is 5.82 Å². The summed E-state index contributed by atoms with van der Waals surface area (Å²) in [6, 6.07) is 4.58. The van der Waals surface area contributed by atoms with Crippen molar-refractivity contribution in [3.05, 3.63) is 47.4 Å². The van der Waals surface area contributed by atoms with Gasteiger partial charge in [-0.25, -0.2) is 4.98 Å². The molecule has 0 radical (unpaired) electrons. The Morgan fingerprint density at radius 3 is 2.94 bits per heavy atom. The summed E-state index contributed by atoms with van der Waals surface area (Å²) in [6.07, 6.45) is 4.10. The quantitative estimate of drug-likeness (QED) is 0.855. The summed E-state index contributed by atoms with van der Waals surface area (Å²) >= 11 is 5.84. The van der Waals surface area contributed by atoms with Crippen LogP contribution in [0.2, 0.25) is 5.02 Å². The molecule has 0 saturated carbocycles. The summed E-state index contributed by atoms with van der Waals surface area (Å²) in [6.45, 7) is 0. The zero-order chi connectivity index (χ0) is 12.3. The fourth-order valence-corrected chi connectivity index (χ4v) is 1.38. The second-order valence-electron chi connectivity index (χ2n) is 3.22. The number of anilines is 1. The van der Waals surface area contributed by atoms with Crippen molar-refractivity contribution in [3.63, 3.8) is 0 Å². The molecule has 5 nitrogen and oxygen atoms in total. The molecular formula is C11H8ClN3O2. The monoisotopic (exact) mass is 249 g/mol. The molecule has 2 rings (SSSR count). The van der Waals surface area contributed by atoms with E-state index in [1.165, 1.54) is 24.7 Å². The molecule has 0 aliphatic rings. The van der Waals surface area contributed by atoms with Crippen LogP contribution < -0.4 is 5.32 Å². The van der Waals surface area contributed by atoms with Crippen LogP contribution in [0.15, 0.2) is 36.8 Å². The second kappa shape index (κ2) is 4.80. The van der Waals surface area contributed by atoms with Crippen LogP contribution in [0.3, 0.4) is 0 Å². The van der Waals surface area contributed by atoms with E-state index in [4.69, 9.17) is 11.6 Å². The third kappa shape index (κ3) is 2.70. The molecule has 0 aliphatic heterocycles. The number of nitrogens with one attached hydrogen (secondary N) is 1. The first-order chi connectivity index (χ1) is 8.16. The number of hydrogen-bond acceptors (Lipinski definition) is 4. The number of hydrogen-bond donors (Lipinski definition) is 2. The van der Waals surface area contributed by atoms with Crippen LogP contribution in [-0.2, 0) is 0 Å². The van der Waals surface area contributed by atoms with E-state index >= 15 is 0 Å². The summed E-state index contributed by atoms with van der Waals surface area (Å²) < 4.78 is 0. The Bertz CT molecular complexity index is 560. The molecule has 0 bridgehead atoms. The standard InChI is InChI=1S/C11H8ClN3O2/c12-9-2-1-3-14-10(9)15-11(17)7-4-8(16)6-13-5-7/h1-6,16H,(H,14,15,17). The highest BCUT2D eigenvalue weighted by Gasteiger charge is 2.09. The Balaban J connectivity index is 2.20. The molecule has 0 fully saturated rings. The van der Waals surface area contributed by atoms with Crippen LogP contribution in [0.25, 0.3) is 0 Å². The number of carbonyl (C=O) groups excluding carboxylic acids is 1. The van der Waals surface area contributed by atoms with Crippen molar-refractivity contribution in [1.29, 1.82) is 0 Å². The van der Waals surface area contributed by atoms with Gasteiger partial charge in [0.15, 0.2) is 5.82 Å². The van der Waals surface area contributed by atoms with E-state index in [1.54, 1.807) is 12.1 Å². The predicted molar refractivity (Wildman–Crippen MR) is 63.1 cm³/mol. The number of carbonyl (C=O) groups is 1. The summed E-state index contributed by atoms with van der Waals surface area (Å²) in [7, 11) is 0. The average Bonchev–Trinajstić information content (AvgIpc) is 2.32.